The van der Waals surface area contributed by atoms with E-state index in [1.165, 1.54) is 30.3 Å². The van der Waals surface area contributed by atoms with Crippen LogP contribution in [0.5, 0.6) is 0 Å². The molecule has 178 valence electrons. The lowest BCUT2D eigenvalue weighted by Gasteiger charge is -2.23. The van der Waals surface area contributed by atoms with E-state index in [0.717, 1.165) is 6.07 Å². The fourth-order valence-corrected chi connectivity index (χ4v) is 4.57. The maximum absolute atomic E-state index is 14.9. The van der Waals surface area contributed by atoms with E-state index >= 15 is 0 Å². The molecule has 0 amide bonds. The molecule has 4 rings (SSSR count). The zero-order valence-electron chi connectivity index (χ0n) is 18.7. The van der Waals surface area contributed by atoms with Gasteiger partial charge < -0.3 is 0 Å². The van der Waals surface area contributed by atoms with Crippen molar-refractivity contribution in [3.8, 4) is 11.1 Å². The second-order valence-electron chi connectivity index (χ2n) is 8.66. The Morgan fingerprint density at radius 3 is 2.03 bits per heavy atom. The van der Waals surface area contributed by atoms with Gasteiger partial charge in [0.1, 0.15) is 0 Å². The average molecular weight is 474 g/mol. The summed E-state index contributed by atoms with van der Waals surface area (Å²) in [5.74, 6) is -6.04. The Labute approximate surface area is 194 Å². The van der Waals surface area contributed by atoms with Gasteiger partial charge >= 0.3 is 0 Å². The van der Waals surface area contributed by atoms with Crippen LogP contribution in [-0.4, -0.2) is 0 Å². The molecule has 0 saturated carbocycles. The highest BCUT2D eigenvalue weighted by atomic mass is 19.2. The van der Waals surface area contributed by atoms with E-state index in [1.807, 2.05) is 6.08 Å². The molecule has 1 aliphatic rings. The number of hydrogen-bond donors (Lipinski definition) is 0. The van der Waals surface area contributed by atoms with E-state index in [-0.39, 0.29) is 34.6 Å². The molecule has 0 aliphatic heterocycles. The van der Waals surface area contributed by atoms with Gasteiger partial charge in [-0.15, -0.1) is 0 Å². The van der Waals surface area contributed by atoms with Crippen molar-refractivity contribution in [2.75, 3.05) is 0 Å². The molecule has 0 heterocycles. The lowest BCUT2D eigenvalue weighted by Crippen LogP contribution is -2.09. The van der Waals surface area contributed by atoms with Gasteiger partial charge in [0.05, 0.1) is 0 Å². The highest BCUT2D eigenvalue weighted by Gasteiger charge is 2.23. The molecule has 34 heavy (non-hydrogen) atoms. The zero-order chi connectivity index (χ0) is 24.4. The number of allylic oxidation sites excluding steroid dienone is 2. The molecular weight excluding hydrogens is 450 g/mol. The van der Waals surface area contributed by atoms with E-state index < -0.39 is 34.9 Å². The lowest BCUT2D eigenvalue weighted by atomic mass is 9.83. The second-order valence-corrected chi connectivity index (χ2v) is 8.66. The molecule has 0 aromatic heterocycles. The summed E-state index contributed by atoms with van der Waals surface area (Å²) >= 11 is 0. The van der Waals surface area contributed by atoms with Crippen LogP contribution in [0.4, 0.5) is 26.3 Å². The van der Waals surface area contributed by atoms with Crippen molar-refractivity contribution in [1.29, 1.82) is 0 Å². The third kappa shape index (κ3) is 4.63. The number of halogens is 6. The second kappa shape index (κ2) is 10.1. The van der Waals surface area contributed by atoms with Gasteiger partial charge in [-0.2, -0.15) is 0 Å². The third-order valence-corrected chi connectivity index (χ3v) is 6.63. The molecule has 3 aromatic rings. The third-order valence-electron chi connectivity index (χ3n) is 6.63. The molecule has 1 aliphatic carbocycles. The van der Waals surface area contributed by atoms with Crippen LogP contribution < -0.4 is 0 Å². The van der Waals surface area contributed by atoms with Crippen LogP contribution in [0.2, 0.25) is 0 Å². The van der Waals surface area contributed by atoms with Gasteiger partial charge in [-0.3, -0.25) is 0 Å². The monoisotopic (exact) mass is 474 g/mol. The fourth-order valence-electron chi connectivity index (χ4n) is 4.57. The SMILES string of the molecule is CCc1ccc(-c2ccc(C3=CCC(CCc4cccc(F)c4F)CC3)c(F)c2F)c(F)c1F. The summed E-state index contributed by atoms with van der Waals surface area (Å²) in [4.78, 5) is 0. The van der Waals surface area contributed by atoms with Gasteiger partial charge in [-0.1, -0.05) is 49.4 Å². The summed E-state index contributed by atoms with van der Waals surface area (Å²) in [5, 5.41) is 0. The molecule has 0 nitrogen and oxygen atoms in total. The number of hydrogen-bond acceptors (Lipinski definition) is 0. The van der Waals surface area contributed by atoms with Crippen molar-refractivity contribution in [1.82, 2.24) is 0 Å². The first-order chi connectivity index (χ1) is 16.3. The summed E-state index contributed by atoms with van der Waals surface area (Å²) in [6.45, 7) is 1.68. The number of aryl methyl sites for hydroxylation is 2. The van der Waals surface area contributed by atoms with Gasteiger partial charge in [-0.25, -0.2) is 26.3 Å². The van der Waals surface area contributed by atoms with Crippen molar-refractivity contribution in [2.45, 2.75) is 45.4 Å². The molecule has 0 fully saturated rings. The normalized spacial score (nSPS) is 16.0. The molecule has 0 bridgehead atoms. The summed E-state index contributed by atoms with van der Waals surface area (Å²) in [6.07, 6.45) is 4.97. The smallest absolute Gasteiger partial charge is 0.167 e. The van der Waals surface area contributed by atoms with Crippen LogP contribution in [0.3, 0.4) is 0 Å². The molecule has 1 unspecified atom stereocenters. The minimum Gasteiger partial charge on any atom is -0.204 e. The molecule has 3 aromatic carbocycles. The van der Waals surface area contributed by atoms with Crippen molar-refractivity contribution in [2.24, 2.45) is 5.92 Å². The van der Waals surface area contributed by atoms with E-state index in [4.69, 9.17) is 0 Å². The zero-order valence-corrected chi connectivity index (χ0v) is 18.7. The highest BCUT2D eigenvalue weighted by molar-refractivity contribution is 5.72. The summed E-state index contributed by atoms with van der Waals surface area (Å²) in [7, 11) is 0. The van der Waals surface area contributed by atoms with E-state index in [1.54, 1.807) is 13.0 Å². The minimum atomic E-state index is -1.22. The van der Waals surface area contributed by atoms with E-state index in [0.29, 0.717) is 43.2 Å². The quantitative estimate of drug-likeness (QED) is 0.314. The van der Waals surface area contributed by atoms with Crippen molar-refractivity contribution >= 4 is 5.57 Å². The van der Waals surface area contributed by atoms with Crippen LogP contribution in [0.15, 0.2) is 48.5 Å². The van der Waals surface area contributed by atoms with E-state index in [9.17, 15) is 26.3 Å². The first-order valence-corrected chi connectivity index (χ1v) is 11.4. The molecule has 6 heteroatoms. The Bertz CT molecular complexity index is 1240. The van der Waals surface area contributed by atoms with Gasteiger partial charge in [0.25, 0.3) is 0 Å². The Morgan fingerprint density at radius 1 is 0.706 bits per heavy atom. The van der Waals surface area contributed by atoms with E-state index in [2.05, 4.69) is 0 Å². The molecule has 0 N–H and O–H groups in total. The maximum Gasteiger partial charge on any atom is 0.167 e. The predicted molar refractivity (Wildman–Crippen MR) is 121 cm³/mol. The highest BCUT2D eigenvalue weighted by Crippen LogP contribution is 2.37. The summed E-state index contributed by atoms with van der Waals surface area (Å²) in [6, 6.07) is 9.43. The van der Waals surface area contributed by atoms with Gasteiger partial charge in [0.15, 0.2) is 34.9 Å². The standard InChI is InChI=1S/C28H24F6/c1-2-17-12-13-21(27(33)25(17)31)22-15-14-20(26(32)28(22)34)18-9-6-16(7-10-18)8-11-19-4-3-5-23(29)24(19)30/h3-5,9,12-16H,2,6-8,10-11H2,1H3. The largest absolute Gasteiger partial charge is 0.204 e. The van der Waals surface area contributed by atoms with Gasteiger partial charge in [0.2, 0.25) is 0 Å². The maximum atomic E-state index is 14.9. The molecular formula is C28H24F6. The van der Waals surface area contributed by atoms with Crippen LogP contribution in [0.25, 0.3) is 16.7 Å². The molecule has 0 radical (unpaired) electrons. The topological polar surface area (TPSA) is 0 Å². The minimum absolute atomic E-state index is 0.0990. The van der Waals surface area contributed by atoms with Crippen LogP contribution >= 0.6 is 0 Å². The summed E-state index contributed by atoms with van der Waals surface area (Å²) in [5.41, 5.74) is 0.590. The average Bonchev–Trinajstić information content (AvgIpc) is 2.84. The summed E-state index contributed by atoms with van der Waals surface area (Å²) < 4.78 is 85.7. The number of rotatable bonds is 6. The predicted octanol–water partition coefficient (Wildman–Crippen LogP) is 8.57. The van der Waals surface area contributed by atoms with Crippen molar-refractivity contribution in [3.63, 3.8) is 0 Å². The van der Waals surface area contributed by atoms with Crippen LogP contribution in [0.1, 0.15) is 49.3 Å². The molecule has 1 atom stereocenters. The Balaban J connectivity index is 1.50. The fraction of sp³-hybridized carbons (Fsp3) is 0.286. The Kier molecular flexibility index (Phi) is 7.15. The van der Waals surface area contributed by atoms with Gasteiger partial charge in [0, 0.05) is 16.7 Å². The Hall–Kier alpha value is -3.02. The van der Waals surface area contributed by atoms with Crippen LogP contribution in [0, 0.1) is 40.8 Å². The first kappa shape index (κ1) is 24.1. The first-order valence-electron chi connectivity index (χ1n) is 11.4. The molecule has 0 saturated heterocycles. The van der Waals surface area contributed by atoms with Crippen molar-refractivity contribution in [3.05, 3.63) is 100 Å². The number of benzene rings is 3. The Morgan fingerprint density at radius 2 is 1.35 bits per heavy atom. The van der Waals surface area contributed by atoms with Gasteiger partial charge in [-0.05, 0) is 67.2 Å². The molecule has 0 spiro atoms. The van der Waals surface area contributed by atoms with Crippen molar-refractivity contribution < 1.29 is 26.3 Å². The van der Waals surface area contributed by atoms with Crippen LogP contribution in [-0.2, 0) is 12.8 Å². The lowest BCUT2D eigenvalue weighted by molar-refractivity contribution is 0.438.